The van der Waals surface area contributed by atoms with Gasteiger partial charge in [-0.1, -0.05) is 48.0 Å². The van der Waals surface area contributed by atoms with E-state index in [-0.39, 0.29) is 0 Å². The van der Waals surface area contributed by atoms with Crippen LogP contribution in [0.1, 0.15) is 42.5 Å². The average Bonchev–Trinajstić information content (AvgIpc) is 2.50. The fraction of sp³-hybridized carbons (Fsp3) is 0.368. The standard InChI is InChI=1S/C19H22ClN/c1-14(13-15-9-11-17(20)12-10-15)21-19-8-4-6-16-5-2-3-7-18(16)19/h2-3,5,7,9-12,14,19,21H,4,6,8,13H2,1H3. The van der Waals surface area contributed by atoms with Crippen molar-refractivity contribution in [2.75, 3.05) is 0 Å². The Morgan fingerprint density at radius 2 is 1.90 bits per heavy atom. The number of aryl methyl sites for hydroxylation is 1. The molecule has 21 heavy (non-hydrogen) atoms. The van der Waals surface area contributed by atoms with Crippen LogP contribution in [0.5, 0.6) is 0 Å². The van der Waals surface area contributed by atoms with Gasteiger partial charge in [0.2, 0.25) is 0 Å². The van der Waals surface area contributed by atoms with Crippen LogP contribution in [0.25, 0.3) is 0 Å². The van der Waals surface area contributed by atoms with Crippen molar-refractivity contribution in [3.63, 3.8) is 0 Å². The summed E-state index contributed by atoms with van der Waals surface area (Å²) < 4.78 is 0. The van der Waals surface area contributed by atoms with Crippen molar-refractivity contribution in [3.8, 4) is 0 Å². The van der Waals surface area contributed by atoms with E-state index in [4.69, 9.17) is 11.6 Å². The van der Waals surface area contributed by atoms with Gasteiger partial charge in [0.15, 0.2) is 0 Å². The van der Waals surface area contributed by atoms with Crippen LogP contribution in [0, 0.1) is 0 Å². The monoisotopic (exact) mass is 299 g/mol. The minimum absolute atomic E-state index is 0.460. The van der Waals surface area contributed by atoms with Crippen LogP contribution in [-0.4, -0.2) is 6.04 Å². The highest BCUT2D eigenvalue weighted by atomic mass is 35.5. The Bertz CT molecular complexity index is 591. The van der Waals surface area contributed by atoms with Crippen molar-refractivity contribution >= 4 is 11.6 Å². The molecule has 1 aliphatic carbocycles. The zero-order chi connectivity index (χ0) is 14.7. The molecule has 0 spiro atoms. The van der Waals surface area contributed by atoms with Gasteiger partial charge in [-0.15, -0.1) is 0 Å². The zero-order valence-corrected chi connectivity index (χ0v) is 13.2. The van der Waals surface area contributed by atoms with Gasteiger partial charge in [0.1, 0.15) is 0 Å². The molecule has 110 valence electrons. The van der Waals surface area contributed by atoms with E-state index >= 15 is 0 Å². The highest BCUT2D eigenvalue weighted by Gasteiger charge is 2.20. The summed E-state index contributed by atoms with van der Waals surface area (Å²) in [4.78, 5) is 0. The van der Waals surface area contributed by atoms with E-state index < -0.39 is 0 Å². The topological polar surface area (TPSA) is 12.0 Å². The lowest BCUT2D eigenvalue weighted by atomic mass is 9.87. The summed E-state index contributed by atoms with van der Waals surface area (Å²) in [6.07, 6.45) is 4.78. The molecular weight excluding hydrogens is 278 g/mol. The number of hydrogen-bond acceptors (Lipinski definition) is 1. The van der Waals surface area contributed by atoms with Gasteiger partial charge >= 0.3 is 0 Å². The second-order valence-corrected chi connectivity index (χ2v) is 6.48. The third kappa shape index (κ3) is 3.66. The van der Waals surface area contributed by atoms with Crippen molar-refractivity contribution in [1.82, 2.24) is 5.32 Å². The van der Waals surface area contributed by atoms with Gasteiger partial charge in [0.05, 0.1) is 0 Å². The summed E-state index contributed by atoms with van der Waals surface area (Å²) >= 11 is 5.94. The minimum atomic E-state index is 0.460. The molecule has 2 unspecified atom stereocenters. The molecule has 2 aromatic carbocycles. The molecule has 0 amide bonds. The molecule has 0 saturated heterocycles. The number of fused-ring (bicyclic) bond motifs is 1. The molecule has 0 aliphatic heterocycles. The number of rotatable bonds is 4. The lowest BCUT2D eigenvalue weighted by Crippen LogP contribution is -2.34. The van der Waals surface area contributed by atoms with Gasteiger partial charge in [-0.25, -0.2) is 0 Å². The maximum atomic E-state index is 5.94. The van der Waals surface area contributed by atoms with Gasteiger partial charge < -0.3 is 5.32 Å². The Morgan fingerprint density at radius 1 is 1.14 bits per heavy atom. The van der Waals surface area contributed by atoms with Crippen LogP contribution in [0.4, 0.5) is 0 Å². The number of nitrogens with one attached hydrogen (secondary N) is 1. The van der Waals surface area contributed by atoms with E-state index in [9.17, 15) is 0 Å². The third-order valence-electron chi connectivity index (χ3n) is 4.31. The summed E-state index contributed by atoms with van der Waals surface area (Å²) in [6.45, 7) is 2.27. The van der Waals surface area contributed by atoms with E-state index in [0.29, 0.717) is 12.1 Å². The molecule has 2 heteroatoms. The maximum absolute atomic E-state index is 5.94. The largest absolute Gasteiger partial charge is 0.307 e. The van der Waals surface area contributed by atoms with Crippen LogP contribution >= 0.6 is 11.6 Å². The minimum Gasteiger partial charge on any atom is -0.307 e. The number of hydrogen-bond donors (Lipinski definition) is 1. The van der Waals surface area contributed by atoms with E-state index in [1.165, 1.54) is 36.0 Å². The lowest BCUT2D eigenvalue weighted by molar-refractivity contribution is 0.407. The third-order valence-corrected chi connectivity index (χ3v) is 4.56. The molecule has 3 rings (SSSR count). The molecule has 2 atom stereocenters. The Kier molecular flexibility index (Phi) is 4.62. The smallest absolute Gasteiger partial charge is 0.0406 e. The van der Waals surface area contributed by atoms with Gasteiger partial charge in [-0.3, -0.25) is 0 Å². The van der Waals surface area contributed by atoms with Gasteiger partial charge in [-0.2, -0.15) is 0 Å². The molecule has 1 aliphatic rings. The molecule has 0 saturated carbocycles. The number of benzene rings is 2. The van der Waals surface area contributed by atoms with Crippen molar-refractivity contribution in [3.05, 3.63) is 70.2 Å². The first kappa shape index (κ1) is 14.6. The SMILES string of the molecule is CC(Cc1ccc(Cl)cc1)NC1CCCc2ccccc21. The summed E-state index contributed by atoms with van der Waals surface area (Å²) in [5, 5.41) is 4.61. The molecule has 2 aromatic rings. The van der Waals surface area contributed by atoms with Crippen LogP contribution in [0.15, 0.2) is 48.5 Å². The molecule has 0 aromatic heterocycles. The van der Waals surface area contributed by atoms with Crippen molar-refractivity contribution in [2.45, 2.75) is 44.7 Å². The first-order chi connectivity index (χ1) is 10.2. The fourth-order valence-electron chi connectivity index (χ4n) is 3.30. The van der Waals surface area contributed by atoms with Crippen LogP contribution in [0.3, 0.4) is 0 Å². The lowest BCUT2D eigenvalue weighted by Gasteiger charge is -2.29. The Labute approximate surface area is 132 Å². The quantitative estimate of drug-likeness (QED) is 0.843. The first-order valence-electron chi connectivity index (χ1n) is 7.80. The molecule has 1 nitrogen and oxygen atoms in total. The maximum Gasteiger partial charge on any atom is 0.0406 e. The van der Waals surface area contributed by atoms with Gasteiger partial charge in [-0.05, 0) is 61.4 Å². The molecule has 0 heterocycles. The van der Waals surface area contributed by atoms with E-state index in [1.807, 2.05) is 12.1 Å². The highest BCUT2D eigenvalue weighted by Crippen LogP contribution is 2.30. The molecular formula is C19H22ClN. The van der Waals surface area contributed by atoms with Gasteiger partial charge in [0, 0.05) is 17.1 Å². The molecule has 0 fully saturated rings. The van der Waals surface area contributed by atoms with Crippen molar-refractivity contribution in [2.24, 2.45) is 0 Å². The summed E-state index contributed by atoms with van der Waals surface area (Å²) in [5.74, 6) is 0. The summed E-state index contributed by atoms with van der Waals surface area (Å²) in [7, 11) is 0. The van der Waals surface area contributed by atoms with E-state index in [2.05, 4.69) is 48.6 Å². The van der Waals surface area contributed by atoms with Crippen LogP contribution < -0.4 is 5.32 Å². The summed E-state index contributed by atoms with van der Waals surface area (Å²) in [6, 6.07) is 18.0. The number of halogens is 1. The predicted octanol–water partition coefficient (Wildman–Crippen LogP) is 4.94. The molecule has 0 bridgehead atoms. The Balaban J connectivity index is 1.65. The van der Waals surface area contributed by atoms with Crippen LogP contribution in [-0.2, 0) is 12.8 Å². The Morgan fingerprint density at radius 3 is 2.71 bits per heavy atom. The first-order valence-corrected chi connectivity index (χ1v) is 8.18. The second kappa shape index (κ2) is 6.64. The zero-order valence-electron chi connectivity index (χ0n) is 12.5. The molecule has 0 radical (unpaired) electrons. The predicted molar refractivity (Wildman–Crippen MR) is 89.9 cm³/mol. The van der Waals surface area contributed by atoms with E-state index in [1.54, 1.807) is 0 Å². The van der Waals surface area contributed by atoms with Crippen LogP contribution in [0.2, 0.25) is 5.02 Å². The fourth-order valence-corrected chi connectivity index (χ4v) is 3.43. The summed E-state index contributed by atoms with van der Waals surface area (Å²) in [5.41, 5.74) is 4.34. The molecule has 1 N–H and O–H groups in total. The Hall–Kier alpha value is -1.31. The normalized spacial score (nSPS) is 19.0. The van der Waals surface area contributed by atoms with E-state index in [0.717, 1.165) is 11.4 Å². The highest BCUT2D eigenvalue weighted by molar-refractivity contribution is 6.30. The second-order valence-electron chi connectivity index (χ2n) is 6.04. The van der Waals surface area contributed by atoms with Crippen molar-refractivity contribution < 1.29 is 0 Å². The van der Waals surface area contributed by atoms with Crippen molar-refractivity contribution in [1.29, 1.82) is 0 Å². The van der Waals surface area contributed by atoms with Gasteiger partial charge in [0.25, 0.3) is 0 Å². The average molecular weight is 300 g/mol.